The van der Waals surface area contributed by atoms with Crippen molar-refractivity contribution in [2.75, 3.05) is 6.54 Å². The van der Waals surface area contributed by atoms with Crippen molar-refractivity contribution in [3.05, 3.63) is 0 Å². The van der Waals surface area contributed by atoms with Crippen LogP contribution in [0.1, 0.15) is 25.7 Å². The van der Waals surface area contributed by atoms with Crippen molar-refractivity contribution in [2.45, 2.75) is 37.9 Å². The molecule has 2 N–H and O–H groups in total. The molecule has 0 amide bonds. The third-order valence-corrected chi connectivity index (χ3v) is 2.70. The van der Waals surface area contributed by atoms with Gasteiger partial charge in [0.25, 0.3) is 0 Å². The Morgan fingerprint density at radius 1 is 1.33 bits per heavy atom. The number of nitrogens with one attached hydrogen (secondary N) is 1. The average Bonchev–Trinajstić information content (AvgIpc) is 2.13. The average molecular weight is 225 g/mol. The van der Waals surface area contributed by atoms with Crippen molar-refractivity contribution in [1.29, 1.82) is 0 Å². The molecule has 0 spiro atoms. The highest BCUT2D eigenvalue weighted by Gasteiger charge is 2.45. The lowest BCUT2D eigenvalue weighted by atomic mass is 9.84. The molecule has 0 heterocycles. The molecule has 0 aromatic heterocycles. The Labute approximate surface area is 85.7 Å². The molecular weight excluding hydrogens is 211 g/mol. The molecule has 1 aliphatic rings. The Balaban J connectivity index is 2.54. The quantitative estimate of drug-likeness (QED) is 0.769. The third-order valence-electron chi connectivity index (χ3n) is 2.70. The molecule has 15 heavy (non-hydrogen) atoms. The summed E-state index contributed by atoms with van der Waals surface area (Å²) >= 11 is 0. The van der Waals surface area contributed by atoms with Crippen LogP contribution < -0.4 is 5.32 Å². The van der Waals surface area contributed by atoms with E-state index in [-0.39, 0.29) is 6.42 Å². The predicted molar refractivity (Wildman–Crippen MR) is 47.4 cm³/mol. The van der Waals surface area contributed by atoms with Gasteiger partial charge in [0, 0.05) is 6.04 Å². The number of halogens is 3. The first kappa shape index (κ1) is 12.3. The minimum atomic E-state index is -4.23. The highest BCUT2D eigenvalue weighted by atomic mass is 19.4. The number of carboxylic acid groups (broad SMARTS) is 1. The Kier molecular flexibility index (Phi) is 3.96. The van der Waals surface area contributed by atoms with Crippen molar-refractivity contribution in [3.8, 4) is 0 Å². The SMILES string of the molecule is O=C(O)CNC1CCCCC1C(F)(F)F. The Bertz CT molecular complexity index is 230. The molecule has 3 nitrogen and oxygen atoms in total. The van der Waals surface area contributed by atoms with Gasteiger partial charge < -0.3 is 10.4 Å². The molecule has 0 aromatic carbocycles. The predicted octanol–water partition coefficient (Wildman–Crippen LogP) is 1.78. The second-order valence-electron chi connectivity index (χ2n) is 3.81. The van der Waals surface area contributed by atoms with Crippen molar-refractivity contribution in [2.24, 2.45) is 5.92 Å². The van der Waals surface area contributed by atoms with E-state index in [9.17, 15) is 18.0 Å². The van der Waals surface area contributed by atoms with Gasteiger partial charge in [-0.3, -0.25) is 4.79 Å². The molecule has 0 aliphatic heterocycles. The Morgan fingerprint density at radius 2 is 1.93 bits per heavy atom. The molecule has 2 unspecified atom stereocenters. The van der Waals surface area contributed by atoms with E-state index in [1.54, 1.807) is 0 Å². The van der Waals surface area contributed by atoms with E-state index >= 15 is 0 Å². The second-order valence-corrected chi connectivity index (χ2v) is 3.81. The van der Waals surface area contributed by atoms with E-state index in [0.717, 1.165) is 6.42 Å². The molecule has 1 rings (SSSR count). The molecule has 6 heteroatoms. The van der Waals surface area contributed by atoms with Gasteiger partial charge in [-0.2, -0.15) is 13.2 Å². The normalized spacial score (nSPS) is 27.7. The molecule has 1 aliphatic carbocycles. The zero-order chi connectivity index (χ0) is 11.5. The summed E-state index contributed by atoms with van der Waals surface area (Å²) in [6, 6.07) is -0.741. The molecule has 88 valence electrons. The molecule has 1 saturated carbocycles. The van der Waals surface area contributed by atoms with Crippen LogP contribution in [-0.4, -0.2) is 29.8 Å². The number of hydrogen-bond acceptors (Lipinski definition) is 2. The zero-order valence-corrected chi connectivity index (χ0v) is 8.18. The van der Waals surface area contributed by atoms with E-state index in [0.29, 0.717) is 12.8 Å². The summed E-state index contributed by atoms with van der Waals surface area (Å²) in [7, 11) is 0. The van der Waals surface area contributed by atoms with Crippen molar-refractivity contribution in [1.82, 2.24) is 5.32 Å². The van der Waals surface area contributed by atoms with E-state index < -0.39 is 30.7 Å². The summed E-state index contributed by atoms with van der Waals surface area (Å²) in [6.45, 7) is -0.406. The van der Waals surface area contributed by atoms with E-state index in [1.165, 1.54) is 0 Å². The van der Waals surface area contributed by atoms with Crippen LogP contribution in [0.25, 0.3) is 0 Å². The summed E-state index contributed by atoms with van der Waals surface area (Å²) in [5.41, 5.74) is 0. The first-order chi connectivity index (χ1) is 6.91. The number of carboxylic acids is 1. The highest BCUT2D eigenvalue weighted by molar-refractivity contribution is 5.69. The summed E-state index contributed by atoms with van der Waals surface area (Å²) in [5.74, 6) is -2.52. The Morgan fingerprint density at radius 3 is 2.47 bits per heavy atom. The summed E-state index contributed by atoms with van der Waals surface area (Å²) < 4.78 is 37.6. The topological polar surface area (TPSA) is 49.3 Å². The first-order valence-corrected chi connectivity index (χ1v) is 4.93. The monoisotopic (exact) mass is 225 g/mol. The molecule has 1 fully saturated rings. The minimum absolute atomic E-state index is 0.0980. The van der Waals surface area contributed by atoms with Gasteiger partial charge in [0.15, 0.2) is 0 Å². The lowest BCUT2D eigenvalue weighted by Gasteiger charge is -2.33. The van der Waals surface area contributed by atoms with Gasteiger partial charge in [0.1, 0.15) is 0 Å². The fourth-order valence-corrected chi connectivity index (χ4v) is 1.99. The number of rotatable bonds is 3. The fourth-order valence-electron chi connectivity index (χ4n) is 1.99. The summed E-state index contributed by atoms with van der Waals surface area (Å²) in [5, 5.41) is 10.8. The largest absolute Gasteiger partial charge is 0.480 e. The maximum absolute atomic E-state index is 12.5. The van der Waals surface area contributed by atoms with Crippen molar-refractivity contribution in [3.63, 3.8) is 0 Å². The van der Waals surface area contributed by atoms with E-state index in [4.69, 9.17) is 5.11 Å². The maximum atomic E-state index is 12.5. The van der Waals surface area contributed by atoms with Crippen LogP contribution in [0.15, 0.2) is 0 Å². The molecule has 2 atom stereocenters. The first-order valence-electron chi connectivity index (χ1n) is 4.93. The van der Waals surface area contributed by atoms with Crippen LogP contribution in [0.5, 0.6) is 0 Å². The summed E-state index contributed by atoms with van der Waals surface area (Å²) in [4.78, 5) is 10.3. The minimum Gasteiger partial charge on any atom is -0.480 e. The van der Waals surface area contributed by atoms with Crippen LogP contribution in [0.2, 0.25) is 0 Å². The second kappa shape index (κ2) is 4.83. The van der Waals surface area contributed by atoms with Crippen LogP contribution in [0, 0.1) is 5.92 Å². The molecular formula is C9H14F3NO2. The fraction of sp³-hybridized carbons (Fsp3) is 0.889. The lowest BCUT2D eigenvalue weighted by Crippen LogP contribution is -2.46. The third kappa shape index (κ3) is 3.70. The molecule has 0 aromatic rings. The van der Waals surface area contributed by atoms with Gasteiger partial charge in [-0.1, -0.05) is 12.8 Å². The maximum Gasteiger partial charge on any atom is 0.393 e. The smallest absolute Gasteiger partial charge is 0.393 e. The van der Waals surface area contributed by atoms with Crippen LogP contribution in [-0.2, 0) is 4.79 Å². The van der Waals surface area contributed by atoms with Crippen LogP contribution in [0.3, 0.4) is 0 Å². The standard InChI is InChI=1S/C9H14F3NO2/c10-9(11,12)6-3-1-2-4-7(6)13-5-8(14)15/h6-7,13H,1-5H2,(H,14,15). The number of aliphatic carboxylic acids is 1. The van der Waals surface area contributed by atoms with Gasteiger partial charge >= 0.3 is 12.1 Å². The zero-order valence-electron chi connectivity index (χ0n) is 8.18. The van der Waals surface area contributed by atoms with Gasteiger partial charge in [0.05, 0.1) is 12.5 Å². The Hall–Kier alpha value is -0.780. The van der Waals surface area contributed by atoms with Gasteiger partial charge in [-0.25, -0.2) is 0 Å². The van der Waals surface area contributed by atoms with Gasteiger partial charge in [0.2, 0.25) is 0 Å². The summed E-state index contributed by atoms with van der Waals surface area (Å²) in [6.07, 6.45) is -2.44. The highest BCUT2D eigenvalue weighted by Crippen LogP contribution is 2.37. The van der Waals surface area contributed by atoms with Crippen molar-refractivity contribution < 1.29 is 23.1 Å². The number of carbonyl (C=O) groups is 1. The van der Waals surface area contributed by atoms with Gasteiger partial charge in [-0.05, 0) is 12.8 Å². The molecule has 0 radical (unpaired) electrons. The molecule has 0 saturated heterocycles. The van der Waals surface area contributed by atoms with Crippen LogP contribution >= 0.6 is 0 Å². The van der Waals surface area contributed by atoms with Gasteiger partial charge in [-0.15, -0.1) is 0 Å². The number of alkyl halides is 3. The number of hydrogen-bond donors (Lipinski definition) is 2. The van der Waals surface area contributed by atoms with E-state index in [1.807, 2.05) is 0 Å². The van der Waals surface area contributed by atoms with Crippen molar-refractivity contribution >= 4 is 5.97 Å². The lowest BCUT2D eigenvalue weighted by molar-refractivity contribution is -0.189. The van der Waals surface area contributed by atoms with E-state index in [2.05, 4.69) is 5.32 Å². The molecule has 0 bridgehead atoms. The van der Waals surface area contributed by atoms with Crippen LogP contribution in [0.4, 0.5) is 13.2 Å².